The summed E-state index contributed by atoms with van der Waals surface area (Å²) < 4.78 is 0. The molecule has 0 aromatic rings. The maximum Gasteiger partial charge on any atom is 2.00 e. The summed E-state index contributed by atoms with van der Waals surface area (Å²) in [5, 5.41) is 49.4. The molecule has 0 saturated carbocycles. The maximum atomic E-state index is 9.34. The Morgan fingerprint density at radius 3 is 0.895 bits per heavy atom. The SMILES string of the molecule is CC(O)C(=O)[O-].CC(O)C(=O)[O-].O=C(O)C(=O)O.[Ca+2]. The fourth-order valence-electron chi connectivity index (χ4n) is 0. The molecule has 0 aliphatic heterocycles. The molecule has 2 atom stereocenters. The Labute approximate surface area is 137 Å². The van der Waals surface area contributed by atoms with Gasteiger partial charge in [-0.15, -0.1) is 0 Å². The summed E-state index contributed by atoms with van der Waals surface area (Å²) in [5.74, 6) is -6.52. The van der Waals surface area contributed by atoms with E-state index in [1.807, 2.05) is 0 Å². The largest absolute Gasteiger partial charge is 2.00 e. The van der Waals surface area contributed by atoms with Crippen molar-refractivity contribution >= 4 is 61.6 Å². The number of carbonyl (C=O) groups is 4. The molecule has 4 N–H and O–H groups in total. The monoisotopic (exact) mass is 308 g/mol. The Kier molecular flexibility index (Phi) is 21.2. The molecule has 2 unspecified atom stereocenters. The predicted molar refractivity (Wildman–Crippen MR) is 54.4 cm³/mol. The van der Waals surface area contributed by atoms with Gasteiger partial charge in [0.05, 0.1) is 24.1 Å². The van der Waals surface area contributed by atoms with Crippen LogP contribution in [-0.4, -0.2) is 94.2 Å². The molecular weight excluding hydrogens is 296 g/mol. The van der Waals surface area contributed by atoms with Crippen LogP contribution in [0.15, 0.2) is 0 Å². The van der Waals surface area contributed by atoms with Crippen LogP contribution in [0.3, 0.4) is 0 Å². The quantitative estimate of drug-likeness (QED) is 0.283. The Morgan fingerprint density at radius 1 is 0.789 bits per heavy atom. The molecule has 0 aromatic carbocycles. The van der Waals surface area contributed by atoms with Crippen LogP contribution < -0.4 is 10.2 Å². The number of aliphatic hydroxyl groups is 2. The summed E-state index contributed by atoms with van der Waals surface area (Å²) in [6.45, 7) is 2.27. The van der Waals surface area contributed by atoms with Crippen molar-refractivity contribution in [3.05, 3.63) is 0 Å². The topological polar surface area (TPSA) is 195 Å². The van der Waals surface area contributed by atoms with E-state index >= 15 is 0 Å². The van der Waals surface area contributed by atoms with Crippen LogP contribution in [0.5, 0.6) is 0 Å². The van der Waals surface area contributed by atoms with Crippen LogP contribution in [0.2, 0.25) is 0 Å². The van der Waals surface area contributed by atoms with Crippen molar-refractivity contribution < 1.29 is 49.8 Å². The first-order valence-corrected chi connectivity index (χ1v) is 4.17. The van der Waals surface area contributed by atoms with E-state index in [1.54, 1.807) is 0 Å². The molecule has 0 amide bonds. The normalized spacial score (nSPS) is 10.9. The average molecular weight is 308 g/mol. The van der Waals surface area contributed by atoms with E-state index in [0.717, 1.165) is 13.8 Å². The van der Waals surface area contributed by atoms with Crippen LogP contribution in [0, 0.1) is 0 Å². The van der Waals surface area contributed by atoms with E-state index in [1.165, 1.54) is 0 Å². The number of aliphatic hydroxyl groups excluding tert-OH is 2. The first kappa shape index (κ1) is 26.6. The van der Waals surface area contributed by atoms with Gasteiger partial charge in [-0.2, -0.15) is 0 Å². The summed E-state index contributed by atoms with van der Waals surface area (Å²) in [6.07, 6.45) is -2.69. The Bertz CT molecular complexity index is 268. The second kappa shape index (κ2) is 15.1. The minimum atomic E-state index is -1.82. The van der Waals surface area contributed by atoms with Gasteiger partial charge in [-0.1, -0.05) is 0 Å². The molecule has 0 rings (SSSR count). The smallest absolute Gasteiger partial charge is 0.547 e. The average Bonchev–Trinajstić information content (AvgIpc) is 2.18. The zero-order chi connectivity index (χ0) is 15.5. The summed E-state index contributed by atoms with van der Waals surface area (Å²) >= 11 is 0. The third kappa shape index (κ3) is 31.6. The first-order valence-electron chi connectivity index (χ1n) is 4.17. The van der Waals surface area contributed by atoms with E-state index < -0.39 is 36.1 Å². The van der Waals surface area contributed by atoms with Gasteiger partial charge < -0.3 is 40.2 Å². The van der Waals surface area contributed by atoms with Crippen molar-refractivity contribution in [1.82, 2.24) is 0 Å². The summed E-state index contributed by atoms with van der Waals surface area (Å²) in [4.78, 5) is 36.9. The van der Waals surface area contributed by atoms with Crippen LogP contribution in [0.1, 0.15) is 13.8 Å². The Hall–Kier alpha value is -0.940. The fourth-order valence-corrected chi connectivity index (χ4v) is 0. The molecule has 0 aliphatic carbocycles. The van der Waals surface area contributed by atoms with Gasteiger partial charge in [-0.05, 0) is 13.8 Å². The van der Waals surface area contributed by atoms with Gasteiger partial charge in [-0.25, -0.2) is 9.59 Å². The molecule has 11 heteroatoms. The number of carboxylic acid groups (broad SMARTS) is 4. The maximum absolute atomic E-state index is 9.34. The van der Waals surface area contributed by atoms with Gasteiger partial charge in [0.25, 0.3) is 0 Å². The fraction of sp³-hybridized carbons (Fsp3) is 0.500. The van der Waals surface area contributed by atoms with Gasteiger partial charge in [0, 0.05) is 0 Å². The van der Waals surface area contributed by atoms with E-state index in [9.17, 15) is 19.8 Å². The molecule has 0 fully saturated rings. The van der Waals surface area contributed by atoms with Gasteiger partial charge in [-0.3, -0.25) is 0 Å². The van der Waals surface area contributed by atoms with E-state index in [2.05, 4.69) is 0 Å². The van der Waals surface area contributed by atoms with Crippen molar-refractivity contribution in [3.8, 4) is 0 Å². The number of hydrogen-bond donors (Lipinski definition) is 4. The van der Waals surface area contributed by atoms with E-state index in [-0.39, 0.29) is 37.7 Å². The van der Waals surface area contributed by atoms with Crippen LogP contribution >= 0.6 is 0 Å². The number of hydrogen-bond acceptors (Lipinski definition) is 8. The van der Waals surface area contributed by atoms with Crippen molar-refractivity contribution in [2.75, 3.05) is 0 Å². The molecule has 106 valence electrons. The van der Waals surface area contributed by atoms with Crippen molar-refractivity contribution in [3.63, 3.8) is 0 Å². The van der Waals surface area contributed by atoms with Gasteiger partial charge in [0.1, 0.15) is 0 Å². The number of aliphatic carboxylic acids is 4. The molecule has 19 heavy (non-hydrogen) atoms. The third-order valence-electron chi connectivity index (χ3n) is 0.865. The van der Waals surface area contributed by atoms with Crippen LogP contribution in [0.25, 0.3) is 0 Å². The zero-order valence-corrected chi connectivity index (χ0v) is 12.3. The van der Waals surface area contributed by atoms with Crippen molar-refractivity contribution in [2.24, 2.45) is 0 Å². The molecule has 0 saturated heterocycles. The molecule has 10 nitrogen and oxygen atoms in total. The molecule has 0 aromatic heterocycles. The third-order valence-corrected chi connectivity index (χ3v) is 0.865. The predicted octanol–water partition coefficient (Wildman–Crippen LogP) is -4.99. The number of rotatable bonds is 2. The number of carboxylic acids is 4. The summed E-state index contributed by atoms with van der Waals surface area (Å²) in [5.41, 5.74) is 0. The minimum Gasteiger partial charge on any atom is -0.547 e. The zero-order valence-electron chi connectivity index (χ0n) is 10.1. The van der Waals surface area contributed by atoms with E-state index in [0.29, 0.717) is 0 Å². The minimum absolute atomic E-state index is 0. The van der Waals surface area contributed by atoms with Gasteiger partial charge >= 0.3 is 49.7 Å². The van der Waals surface area contributed by atoms with E-state index in [4.69, 9.17) is 30.0 Å². The Morgan fingerprint density at radius 2 is 0.895 bits per heavy atom. The summed E-state index contributed by atoms with van der Waals surface area (Å²) in [6, 6.07) is 0. The van der Waals surface area contributed by atoms with Crippen LogP contribution in [0.4, 0.5) is 0 Å². The molecule has 0 radical (unpaired) electrons. The van der Waals surface area contributed by atoms with Gasteiger partial charge in [0.15, 0.2) is 0 Å². The molecular formula is C8H12CaO10. The second-order valence-corrected chi connectivity index (χ2v) is 2.60. The molecule has 0 spiro atoms. The molecule has 0 bridgehead atoms. The standard InChI is InChI=1S/2C3H6O3.C2H2O4.Ca/c2*1-2(4)3(5)6;3-1(4)2(5)6;/h2*2,4H,1H3,(H,5,6);(H,3,4)(H,5,6);/q;;;+2/p-2. The second-order valence-electron chi connectivity index (χ2n) is 2.60. The van der Waals surface area contributed by atoms with Gasteiger partial charge in [0.2, 0.25) is 0 Å². The Balaban J connectivity index is -0.0000000865. The van der Waals surface area contributed by atoms with Crippen molar-refractivity contribution in [1.29, 1.82) is 0 Å². The summed E-state index contributed by atoms with van der Waals surface area (Å²) in [7, 11) is 0. The first-order chi connectivity index (χ1) is 7.93. The molecule has 0 aliphatic rings. The van der Waals surface area contributed by atoms with Crippen molar-refractivity contribution in [2.45, 2.75) is 26.1 Å². The number of carbonyl (C=O) groups excluding carboxylic acids is 2. The van der Waals surface area contributed by atoms with Crippen LogP contribution in [-0.2, 0) is 19.2 Å². The molecule has 0 heterocycles.